The van der Waals surface area contributed by atoms with Gasteiger partial charge in [-0.3, -0.25) is 4.79 Å². The number of hydrogen-bond donors (Lipinski definition) is 0. The molecule has 0 aliphatic heterocycles. The van der Waals surface area contributed by atoms with Crippen molar-refractivity contribution in [1.82, 2.24) is 0 Å². The Balaban J connectivity index is 2.85. The van der Waals surface area contributed by atoms with E-state index < -0.39 is 0 Å². The fourth-order valence-electron chi connectivity index (χ4n) is 1.11. The lowest BCUT2D eigenvalue weighted by atomic mass is 10.1. The molecule has 1 aromatic carbocycles. The number of ether oxygens (including phenoxy) is 1. The zero-order valence-corrected chi connectivity index (χ0v) is 9.13. The van der Waals surface area contributed by atoms with Gasteiger partial charge >= 0.3 is 0 Å². The van der Waals surface area contributed by atoms with Gasteiger partial charge < -0.3 is 4.74 Å². The Morgan fingerprint density at radius 3 is 2.57 bits per heavy atom. The monoisotopic (exact) mass is 192 g/mol. The molecular formula is C12H16O2. The second-order valence-electron chi connectivity index (χ2n) is 3.64. The second-order valence-corrected chi connectivity index (χ2v) is 3.64. The Morgan fingerprint density at radius 2 is 2.00 bits per heavy atom. The van der Waals surface area contributed by atoms with E-state index in [0.29, 0.717) is 0 Å². The molecule has 0 saturated carbocycles. The van der Waals surface area contributed by atoms with E-state index in [4.69, 9.17) is 4.74 Å². The summed E-state index contributed by atoms with van der Waals surface area (Å²) in [5.74, 6) is 0.846. The highest BCUT2D eigenvalue weighted by atomic mass is 16.5. The molecule has 0 amide bonds. The summed E-state index contributed by atoms with van der Waals surface area (Å²) in [5, 5.41) is 0. The van der Waals surface area contributed by atoms with E-state index in [2.05, 4.69) is 0 Å². The molecule has 0 aliphatic rings. The van der Waals surface area contributed by atoms with Gasteiger partial charge in [0.05, 0.1) is 0 Å². The van der Waals surface area contributed by atoms with E-state index in [1.54, 1.807) is 6.92 Å². The average Bonchev–Trinajstić information content (AvgIpc) is 2.11. The molecule has 0 aromatic heterocycles. The summed E-state index contributed by atoms with van der Waals surface area (Å²) >= 11 is 0. The van der Waals surface area contributed by atoms with Gasteiger partial charge in [-0.25, -0.2) is 0 Å². The minimum absolute atomic E-state index is 0.0471. The summed E-state index contributed by atoms with van der Waals surface area (Å²) in [5.41, 5.74) is 2.20. The first-order valence-electron chi connectivity index (χ1n) is 4.75. The zero-order chi connectivity index (χ0) is 10.7. The summed E-state index contributed by atoms with van der Waals surface area (Å²) in [6, 6.07) is 5.98. The fourth-order valence-corrected chi connectivity index (χ4v) is 1.11. The molecule has 2 heteroatoms. The van der Waals surface area contributed by atoms with Gasteiger partial charge in [0.1, 0.15) is 5.75 Å². The number of ketones is 1. The summed E-state index contributed by atoms with van der Waals surface area (Å²) in [4.78, 5) is 11.0. The fraction of sp³-hybridized carbons (Fsp3) is 0.417. The van der Waals surface area contributed by atoms with Crippen LogP contribution in [-0.2, 0) is 4.79 Å². The molecule has 0 aliphatic carbocycles. The highest BCUT2D eigenvalue weighted by Gasteiger charge is 2.10. The van der Waals surface area contributed by atoms with Crippen molar-refractivity contribution in [2.24, 2.45) is 0 Å². The molecule has 0 saturated heterocycles. The topological polar surface area (TPSA) is 26.3 Å². The quantitative estimate of drug-likeness (QED) is 0.736. The molecule has 0 heterocycles. The van der Waals surface area contributed by atoms with Gasteiger partial charge in [-0.15, -0.1) is 0 Å². The van der Waals surface area contributed by atoms with Gasteiger partial charge in [0, 0.05) is 0 Å². The number of Topliss-reactive ketones (excluding diaryl/α,β-unsaturated/α-hetero) is 1. The van der Waals surface area contributed by atoms with Crippen LogP contribution in [0.15, 0.2) is 18.2 Å². The first-order valence-corrected chi connectivity index (χ1v) is 4.75. The highest BCUT2D eigenvalue weighted by Crippen LogP contribution is 2.20. The summed E-state index contributed by atoms with van der Waals surface area (Å²) in [6.07, 6.45) is -0.365. The van der Waals surface area contributed by atoms with Gasteiger partial charge in [-0.05, 0) is 44.9 Å². The zero-order valence-electron chi connectivity index (χ0n) is 9.13. The van der Waals surface area contributed by atoms with Crippen molar-refractivity contribution in [1.29, 1.82) is 0 Å². The minimum atomic E-state index is -0.365. The first kappa shape index (κ1) is 10.8. The molecule has 14 heavy (non-hydrogen) atoms. The van der Waals surface area contributed by atoms with Crippen molar-refractivity contribution in [3.63, 3.8) is 0 Å². The van der Waals surface area contributed by atoms with Crippen molar-refractivity contribution in [3.8, 4) is 5.75 Å². The lowest BCUT2D eigenvalue weighted by Gasteiger charge is -2.14. The molecule has 1 atom stereocenters. The van der Waals surface area contributed by atoms with Crippen LogP contribution < -0.4 is 4.74 Å². The molecule has 0 fully saturated rings. The van der Waals surface area contributed by atoms with Crippen molar-refractivity contribution in [2.45, 2.75) is 33.8 Å². The van der Waals surface area contributed by atoms with Crippen LogP contribution in [0, 0.1) is 13.8 Å². The van der Waals surface area contributed by atoms with Crippen LogP contribution >= 0.6 is 0 Å². The SMILES string of the molecule is CC(=O)C(C)Oc1cc(C)ccc1C. The first-order chi connectivity index (χ1) is 6.50. The van der Waals surface area contributed by atoms with Gasteiger partial charge in [0.25, 0.3) is 0 Å². The second kappa shape index (κ2) is 4.27. The number of rotatable bonds is 3. The van der Waals surface area contributed by atoms with Gasteiger partial charge in [-0.1, -0.05) is 12.1 Å². The number of carbonyl (C=O) groups excluding carboxylic acids is 1. The number of aryl methyl sites for hydroxylation is 2. The van der Waals surface area contributed by atoms with Crippen molar-refractivity contribution < 1.29 is 9.53 Å². The van der Waals surface area contributed by atoms with Crippen LogP contribution in [0.4, 0.5) is 0 Å². The number of hydrogen-bond acceptors (Lipinski definition) is 2. The standard InChI is InChI=1S/C12H16O2/c1-8-5-6-9(2)12(7-8)14-11(4)10(3)13/h5-7,11H,1-4H3. The van der Waals surface area contributed by atoms with Crippen molar-refractivity contribution in [2.75, 3.05) is 0 Å². The molecule has 1 unspecified atom stereocenters. The van der Waals surface area contributed by atoms with Gasteiger partial charge in [-0.2, -0.15) is 0 Å². The molecule has 1 aromatic rings. The molecule has 0 N–H and O–H groups in total. The maximum atomic E-state index is 11.0. The highest BCUT2D eigenvalue weighted by molar-refractivity contribution is 5.80. The van der Waals surface area contributed by atoms with E-state index in [1.807, 2.05) is 32.0 Å². The van der Waals surface area contributed by atoms with Gasteiger partial charge in [0.2, 0.25) is 0 Å². The van der Waals surface area contributed by atoms with Crippen molar-refractivity contribution >= 4 is 5.78 Å². The lowest BCUT2D eigenvalue weighted by Crippen LogP contribution is -2.21. The van der Waals surface area contributed by atoms with Crippen LogP contribution in [0.5, 0.6) is 5.75 Å². The van der Waals surface area contributed by atoms with E-state index in [9.17, 15) is 4.79 Å². The predicted molar refractivity (Wildman–Crippen MR) is 56.7 cm³/mol. The third-order valence-electron chi connectivity index (χ3n) is 2.22. The molecule has 0 bridgehead atoms. The normalized spacial score (nSPS) is 12.3. The Kier molecular flexibility index (Phi) is 3.28. The molecular weight excluding hydrogens is 176 g/mol. The maximum Gasteiger partial charge on any atom is 0.169 e. The van der Waals surface area contributed by atoms with Crippen molar-refractivity contribution in [3.05, 3.63) is 29.3 Å². The van der Waals surface area contributed by atoms with E-state index in [-0.39, 0.29) is 11.9 Å². The number of carbonyl (C=O) groups is 1. The Hall–Kier alpha value is -1.31. The third-order valence-corrected chi connectivity index (χ3v) is 2.22. The molecule has 0 spiro atoms. The van der Waals surface area contributed by atoms with Crippen LogP contribution in [0.3, 0.4) is 0 Å². The summed E-state index contributed by atoms with van der Waals surface area (Å²) in [7, 11) is 0. The van der Waals surface area contributed by atoms with Gasteiger partial charge in [0.15, 0.2) is 11.9 Å². The van der Waals surface area contributed by atoms with Crippen LogP contribution in [-0.4, -0.2) is 11.9 Å². The lowest BCUT2D eigenvalue weighted by molar-refractivity contribution is -0.122. The smallest absolute Gasteiger partial charge is 0.169 e. The molecule has 76 valence electrons. The Labute approximate surface area is 84.9 Å². The number of benzene rings is 1. The van der Waals surface area contributed by atoms with E-state index in [1.165, 1.54) is 6.92 Å². The maximum absolute atomic E-state index is 11.0. The summed E-state index contributed by atoms with van der Waals surface area (Å²) < 4.78 is 5.54. The Morgan fingerprint density at radius 1 is 1.36 bits per heavy atom. The Bertz CT molecular complexity index is 342. The average molecular weight is 192 g/mol. The van der Waals surface area contributed by atoms with E-state index >= 15 is 0 Å². The minimum Gasteiger partial charge on any atom is -0.483 e. The van der Waals surface area contributed by atoms with Crippen LogP contribution in [0.2, 0.25) is 0 Å². The molecule has 2 nitrogen and oxygen atoms in total. The third kappa shape index (κ3) is 2.59. The molecule has 0 radical (unpaired) electrons. The predicted octanol–water partition coefficient (Wildman–Crippen LogP) is 2.66. The molecule has 1 rings (SSSR count). The van der Waals surface area contributed by atoms with Crippen LogP contribution in [0.1, 0.15) is 25.0 Å². The summed E-state index contributed by atoms with van der Waals surface area (Å²) in [6.45, 7) is 7.28. The van der Waals surface area contributed by atoms with Crippen LogP contribution in [0.25, 0.3) is 0 Å². The van der Waals surface area contributed by atoms with E-state index in [0.717, 1.165) is 16.9 Å². The largest absolute Gasteiger partial charge is 0.483 e.